The second kappa shape index (κ2) is 7.64. The monoisotopic (exact) mass is 423 g/mol. The van der Waals surface area contributed by atoms with E-state index >= 15 is 0 Å². The number of benzene rings is 1. The fourth-order valence-corrected chi connectivity index (χ4v) is 3.64. The lowest BCUT2D eigenvalue weighted by Gasteiger charge is -2.35. The van der Waals surface area contributed by atoms with Gasteiger partial charge >= 0.3 is 6.18 Å². The summed E-state index contributed by atoms with van der Waals surface area (Å²) >= 11 is 6.04. The first-order valence-electron chi connectivity index (χ1n) is 8.99. The number of anilines is 1. The van der Waals surface area contributed by atoms with Gasteiger partial charge in [-0.3, -0.25) is 9.69 Å². The zero-order chi connectivity index (χ0) is 20.6. The Labute approximate surface area is 168 Å². The van der Waals surface area contributed by atoms with Crippen LogP contribution in [-0.2, 0) is 12.7 Å². The Kier molecular flexibility index (Phi) is 5.18. The van der Waals surface area contributed by atoms with Crippen molar-refractivity contribution in [3.63, 3.8) is 0 Å². The van der Waals surface area contributed by atoms with Gasteiger partial charge in [-0.2, -0.15) is 13.2 Å². The molecule has 1 aromatic carbocycles. The number of halogens is 4. The second-order valence-corrected chi connectivity index (χ2v) is 7.23. The number of rotatable bonds is 3. The van der Waals surface area contributed by atoms with Gasteiger partial charge in [0, 0.05) is 32.4 Å². The van der Waals surface area contributed by atoms with Gasteiger partial charge in [-0.15, -0.1) is 0 Å². The molecule has 152 valence electrons. The summed E-state index contributed by atoms with van der Waals surface area (Å²) in [5.41, 5.74) is -0.396. The van der Waals surface area contributed by atoms with Crippen LogP contribution in [0.4, 0.5) is 19.0 Å². The van der Waals surface area contributed by atoms with E-state index in [4.69, 9.17) is 11.6 Å². The van der Waals surface area contributed by atoms with Crippen molar-refractivity contribution >= 4 is 28.3 Å². The van der Waals surface area contributed by atoms with E-state index in [1.54, 1.807) is 18.2 Å². The molecule has 1 aliphatic heterocycles. The van der Waals surface area contributed by atoms with Gasteiger partial charge in [-0.25, -0.2) is 9.97 Å². The molecule has 1 aliphatic rings. The van der Waals surface area contributed by atoms with Crippen molar-refractivity contribution in [2.45, 2.75) is 12.7 Å². The van der Waals surface area contributed by atoms with E-state index in [2.05, 4.69) is 19.9 Å². The Morgan fingerprint density at radius 1 is 1.14 bits per heavy atom. The van der Waals surface area contributed by atoms with Crippen molar-refractivity contribution in [1.82, 2.24) is 19.9 Å². The molecule has 0 unspecified atom stereocenters. The summed E-state index contributed by atoms with van der Waals surface area (Å²) in [5.74, 6) is 0.921. The molecule has 0 amide bonds. The zero-order valence-corrected chi connectivity index (χ0v) is 16.0. The molecule has 6 nitrogen and oxygen atoms in total. The number of alkyl halides is 3. The topological polar surface area (TPSA) is 65.1 Å². The van der Waals surface area contributed by atoms with Crippen LogP contribution in [0, 0.1) is 0 Å². The van der Waals surface area contributed by atoms with Crippen LogP contribution < -0.4 is 10.5 Å². The van der Waals surface area contributed by atoms with Gasteiger partial charge < -0.3 is 9.88 Å². The molecule has 0 radical (unpaired) electrons. The summed E-state index contributed by atoms with van der Waals surface area (Å²) in [4.78, 5) is 27.4. The van der Waals surface area contributed by atoms with E-state index in [9.17, 15) is 18.0 Å². The first kappa shape index (κ1) is 19.7. The maximum atomic E-state index is 12.8. The van der Waals surface area contributed by atoms with Gasteiger partial charge in [0.1, 0.15) is 11.6 Å². The lowest BCUT2D eigenvalue weighted by Crippen LogP contribution is -2.46. The highest BCUT2D eigenvalue weighted by Gasteiger charge is 2.32. The van der Waals surface area contributed by atoms with Gasteiger partial charge in [0.15, 0.2) is 0 Å². The molecule has 3 heterocycles. The maximum absolute atomic E-state index is 12.8. The molecule has 0 bridgehead atoms. The Morgan fingerprint density at radius 3 is 2.55 bits per heavy atom. The summed E-state index contributed by atoms with van der Waals surface area (Å²) in [6, 6.07) is 8.05. The lowest BCUT2D eigenvalue weighted by atomic mass is 10.2. The van der Waals surface area contributed by atoms with E-state index in [0.29, 0.717) is 55.3 Å². The second-order valence-electron chi connectivity index (χ2n) is 6.82. The van der Waals surface area contributed by atoms with E-state index in [-0.39, 0.29) is 10.6 Å². The first-order valence-corrected chi connectivity index (χ1v) is 9.37. The fraction of sp³-hybridized carbons (Fsp3) is 0.316. The minimum absolute atomic E-state index is 0.0196. The third-order valence-electron chi connectivity index (χ3n) is 4.86. The predicted octanol–water partition coefficient (Wildman–Crippen LogP) is 3.31. The number of H-pyrrole nitrogens is 1. The SMILES string of the molecule is O=c1[nH]c(CN2CCN(c3ncc(C(F)(F)F)cc3Cl)CC2)nc2ccccc12. The van der Waals surface area contributed by atoms with Crippen LogP contribution in [-0.4, -0.2) is 46.0 Å². The van der Waals surface area contributed by atoms with Crippen molar-refractivity contribution in [3.8, 4) is 0 Å². The minimum atomic E-state index is -4.47. The number of nitrogens with zero attached hydrogens (tertiary/aromatic N) is 4. The van der Waals surface area contributed by atoms with E-state index in [0.717, 1.165) is 12.3 Å². The van der Waals surface area contributed by atoms with E-state index in [1.807, 2.05) is 11.0 Å². The fourth-order valence-electron chi connectivity index (χ4n) is 3.36. The molecule has 0 aliphatic carbocycles. The van der Waals surface area contributed by atoms with Crippen LogP contribution in [0.25, 0.3) is 10.9 Å². The molecule has 0 saturated carbocycles. The molecule has 0 atom stereocenters. The molecule has 29 heavy (non-hydrogen) atoms. The number of piperazine rings is 1. The molecule has 2 aromatic heterocycles. The van der Waals surface area contributed by atoms with Crippen molar-refractivity contribution < 1.29 is 13.2 Å². The average Bonchev–Trinajstić information content (AvgIpc) is 2.68. The van der Waals surface area contributed by atoms with Gasteiger partial charge in [-0.1, -0.05) is 23.7 Å². The van der Waals surface area contributed by atoms with Crippen molar-refractivity contribution in [2.24, 2.45) is 0 Å². The van der Waals surface area contributed by atoms with Crippen molar-refractivity contribution in [1.29, 1.82) is 0 Å². The highest BCUT2D eigenvalue weighted by molar-refractivity contribution is 6.33. The zero-order valence-electron chi connectivity index (χ0n) is 15.2. The number of nitrogens with one attached hydrogen (secondary N) is 1. The molecule has 3 aromatic rings. The van der Waals surface area contributed by atoms with Crippen LogP contribution in [0.1, 0.15) is 11.4 Å². The molecule has 10 heteroatoms. The van der Waals surface area contributed by atoms with Gasteiger partial charge in [0.25, 0.3) is 5.56 Å². The van der Waals surface area contributed by atoms with Crippen LogP contribution in [0.5, 0.6) is 0 Å². The first-order chi connectivity index (χ1) is 13.8. The van der Waals surface area contributed by atoms with Crippen LogP contribution >= 0.6 is 11.6 Å². The largest absolute Gasteiger partial charge is 0.417 e. The Bertz CT molecular complexity index is 1090. The Balaban J connectivity index is 1.43. The normalized spacial score (nSPS) is 15.8. The van der Waals surface area contributed by atoms with E-state index in [1.165, 1.54) is 0 Å². The smallest absolute Gasteiger partial charge is 0.353 e. The number of para-hydroxylation sites is 1. The summed E-state index contributed by atoms with van der Waals surface area (Å²) in [7, 11) is 0. The van der Waals surface area contributed by atoms with Crippen molar-refractivity contribution in [2.75, 3.05) is 31.1 Å². The molecule has 1 N–H and O–H groups in total. The number of hydrogen-bond donors (Lipinski definition) is 1. The third kappa shape index (κ3) is 4.20. The molecule has 1 saturated heterocycles. The third-order valence-corrected chi connectivity index (χ3v) is 5.13. The lowest BCUT2D eigenvalue weighted by molar-refractivity contribution is -0.137. The maximum Gasteiger partial charge on any atom is 0.417 e. The molecule has 4 rings (SSSR count). The summed E-state index contributed by atoms with van der Waals surface area (Å²) in [5, 5.41) is 0.526. The van der Waals surface area contributed by atoms with Crippen molar-refractivity contribution in [3.05, 3.63) is 63.3 Å². The van der Waals surface area contributed by atoms with Crippen LogP contribution in [0.15, 0.2) is 41.3 Å². The highest BCUT2D eigenvalue weighted by Crippen LogP contribution is 2.33. The highest BCUT2D eigenvalue weighted by atomic mass is 35.5. The van der Waals surface area contributed by atoms with Gasteiger partial charge in [-0.05, 0) is 18.2 Å². The predicted molar refractivity (Wildman–Crippen MR) is 104 cm³/mol. The Morgan fingerprint density at radius 2 is 1.86 bits per heavy atom. The Hall–Kier alpha value is -2.65. The van der Waals surface area contributed by atoms with Crippen LogP contribution in [0.3, 0.4) is 0 Å². The number of aromatic nitrogens is 3. The summed E-state index contributed by atoms with van der Waals surface area (Å²) in [6.07, 6.45) is -3.67. The number of fused-ring (bicyclic) bond motifs is 1. The number of pyridine rings is 1. The number of hydrogen-bond acceptors (Lipinski definition) is 5. The molecule has 1 fully saturated rings. The average molecular weight is 424 g/mol. The van der Waals surface area contributed by atoms with Crippen LogP contribution in [0.2, 0.25) is 5.02 Å². The number of aromatic amines is 1. The summed E-state index contributed by atoms with van der Waals surface area (Å²) in [6.45, 7) is 2.85. The van der Waals surface area contributed by atoms with Gasteiger partial charge in [0.2, 0.25) is 0 Å². The minimum Gasteiger partial charge on any atom is -0.353 e. The molecular formula is C19H17ClF3N5O. The van der Waals surface area contributed by atoms with Gasteiger partial charge in [0.05, 0.1) is 28.0 Å². The molecular weight excluding hydrogens is 407 g/mol. The quantitative estimate of drug-likeness (QED) is 0.700. The molecule has 0 spiro atoms. The summed E-state index contributed by atoms with van der Waals surface area (Å²) < 4.78 is 38.3. The standard InChI is InChI=1S/C19H17ClF3N5O/c20-14-9-12(19(21,22)23)10-24-17(14)28-7-5-27(6-8-28)11-16-25-15-4-2-1-3-13(15)18(29)26-16/h1-4,9-10H,5-8,11H2,(H,25,26,29). The van der Waals surface area contributed by atoms with E-state index < -0.39 is 11.7 Å².